The van der Waals surface area contributed by atoms with Gasteiger partial charge in [0, 0.05) is 5.25 Å². The Labute approximate surface area is 97.9 Å². The average Bonchev–Trinajstić information content (AvgIpc) is 2.51. The second-order valence-corrected chi connectivity index (χ2v) is 6.74. The lowest BCUT2D eigenvalue weighted by Gasteiger charge is -2.19. The van der Waals surface area contributed by atoms with Crippen molar-refractivity contribution in [1.82, 2.24) is 0 Å². The molecule has 84 valence electrons. The lowest BCUT2D eigenvalue weighted by molar-refractivity contribution is 0.528. The molecule has 0 saturated heterocycles. The number of hydrogen-bond acceptors (Lipinski definition) is 1. The number of rotatable bonds is 0. The highest BCUT2D eigenvalue weighted by molar-refractivity contribution is 8.04. The first kappa shape index (κ1) is 10.3. The van der Waals surface area contributed by atoms with Gasteiger partial charge in [0.2, 0.25) is 0 Å². The second-order valence-electron chi connectivity index (χ2n) is 5.41. The molecule has 0 aromatic heterocycles. The first-order valence-electron chi connectivity index (χ1n) is 6.84. The summed E-state index contributed by atoms with van der Waals surface area (Å²) in [6.45, 7) is 0. The minimum atomic E-state index is 0.996. The molecule has 1 fully saturated rings. The van der Waals surface area contributed by atoms with Crippen LogP contribution in [0.15, 0.2) is 10.5 Å². The molecule has 0 nitrogen and oxygen atoms in total. The van der Waals surface area contributed by atoms with Crippen LogP contribution in [-0.2, 0) is 0 Å². The van der Waals surface area contributed by atoms with E-state index in [1.165, 1.54) is 64.2 Å². The van der Waals surface area contributed by atoms with Crippen molar-refractivity contribution >= 4 is 11.8 Å². The lowest BCUT2D eigenvalue weighted by Crippen LogP contribution is -2.13. The Hall–Kier alpha value is 0.0900. The maximum absolute atomic E-state index is 2.28. The van der Waals surface area contributed by atoms with Crippen LogP contribution in [0.1, 0.15) is 64.2 Å². The summed E-state index contributed by atoms with van der Waals surface area (Å²) in [5.41, 5.74) is 1.92. The Kier molecular flexibility index (Phi) is 3.10. The monoisotopic (exact) mass is 222 g/mol. The van der Waals surface area contributed by atoms with E-state index in [0.717, 1.165) is 11.2 Å². The zero-order valence-corrected chi connectivity index (χ0v) is 10.5. The maximum atomic E-state index is 2.28. The largest absolute Gasteiger partial charge is 0.127 e. The molecule has 0 aromatic carbocycles. The van der Waals surface area contributed by atoms with Gasteiger partial charge < -0.3 is 0 Å². The Morgan fingerprint density at radius 3 is 2.60 bits per heavy atom. The van der Waals surface area contributed by atoms with Crippen LogP contribution in [0.5, 0.6) is 0 Å². The average molecular weight is 222 g/mol. The molecule has 0 spiro atoms. The molecular weight excluding hydrogens is 200 g/mol. The third kappa shape index (κ3) is 2.00. The molecular formula is C14H22S. The molecule has 1 heteroatoms. The Morgan fingerprint density at radius 1 is 0.800 bits per heavy atom. The third-order valence-corrected chi connectivity index (χ3v) is 6.02. The fourth-order valence-electron chi connectivity index (χ4n) is 3.60. The molecule has 15 heavy (non-hydrogen) atoms. The smallest absolute Gasteiger partial charge is 0.0157 e. The van der Waals surface area contributed by atoms with E-state index in [4.69, 9.17) is 0 Å². The third-order valence-electron chi connectivity index (χ3n) is 4.40. The number of fused-ring (bicyclic) bond motifs is 2. The van der Waals surface area contributed by atoms with Crippen molar-refractivity contribution < 1.29 is 0 Å². The molecule has 1 saturated carbocycles. The van der Waals surface area contributed by atoms with Gasteiger partial charge in [-0.15, -0.1) is 11.8 Å². The highest BCUT2D eigenvalue weighted by Gasteiger charge is 2.35. The lowest BCUT2D eigenvalue weighted by atomic mass is 9.88. The highest BCUT2D eigenvalue weighted by atomic mass is 32.2. The summed E-state index contributed by atoms with van der Waals surface area (Å²) < 4.78 is 0. The van der Waals surface area contributed by atoms with Gasteiger partial charge in [0.15, 0.2) is 0 Å². The molecule has 0 amide bonds. The zero-order valence-electron chi connectivity index (χ0n) is 9.63. The van der Waals surface area contributed by atoms with Gasteiger partial charge in [0.05, 0.1) is 0 Å². The van der Waals surface area contributed by atoms with Gasteiger partial charge in [-0.3, -0.25) is 0 Å². The summed E-state index contributed by atoms with van der Waals surface area (Å²) in [5.74, 6) is 1.01. The minimum Gasteiger partial charge on any atom is -0.127 e. The first-order valence-corrected chi connectivity index (χ1v) is 7.72. The molecule has 2 aliphatic carbocycles. The summed E-state index contributed by atoms with van der Waals surface area (Å²) in [5, 5.41) is 0.996. The van der Waals surface area contributed by atoms with Gasteiger partial charge in [0.25, 0.3) is 0 Å². The van der Waals surface area contributed by atoms with Crippen molar-refractivity contribution in [3.63, 3.8) is 0 Å². The normalized spacial score (nSPS) is 36.8. The second kappa shape index (κ2) is 4.53. The van der Waals surface area contributed by atoms with E-state index < -0.39 is 0 Å². The molecule has 3 aliphatic rings. The predicted molar refractivity (Wildman–Crippen MR) is 68.1 cm³/mol. The van der Waals surface area contributed by atoms with Crippen LogP contribution in [0.3, 0.4) is 0 Å². The quantitative estimate of drug-likeness (QED) is 0.561. The molecule has 2 unspecified atom stereocenters. The van der Waals surface area contributed by atoms with Gasteiger partial charge in [-0.2, -0.15) is 0 Å². The summed E-state index contributed by atoms with van der Waals surface area (Å²) >= 11 is 2.28. The van der Waals surface area contributed by atoms with Crippen LogP contribution >= 0.6 is 11.8 Å². The van der Waals surface area contributed by atoms with Crippen molar-refractivity contribution in [3.8, 4) is 0 Å². The minimum absolute atomic E-state index is 0.996. The number of thioether (sulfide) groups is 1. The molecule has 1 heterocycles. The van der Waals surface area contributed by atoms with Gasteiger partial charge in [-0.05, 0) is 49.3 Å². The summed E-state index contributed by atoms with van der Waals surface area (Å²) in [6.07, 6.45) is 14.8. The van der Waals surface area contributed by atoms with Crippen LogP contribution in [0.25, 0.3) is 0 Å². The number of hydrogen-bond donors (Lipinski definition) is 0. The first-order chi connectivity index (χ1) is 7.45. The fraction of sp³-hybridized carbons (Fsp3) is 0.857. The van der Waals surface area contributed by atoms with Crippen molar-refractivity contribution in [3.05, 3.63) is 10.5 Å². The van der Waals surface area contributed by atoms with Gasteiger partial charge in [-0.25, -0.2) is 0 Å². The van der Waals surface area contributed by atoms with Crippen LogP contribution in [0.2, 0.25) is 0 Å². The fourth-order valence-corrected chi connectivity index (χ4v) is 5.38. The SMILES string of the molecule is C1CCC2=C(CC1)C1CCCCCC1S2. The zero-order chi connectivity index (χ0) is 10.1. The molecule has 1 aliphatic heterocycles. The predicted octanol–water partition coefficient (Wildman–Crippen LogP) is 4.90. The van der Waals surface area contributed by atoms with Crippen molar-refractivity contribution in [2.45, 2.75) is 69.5 Å². The molecule has 0 N–H and O–H groups in total. The molecule has 0 aromatic rings. The van der Waals surface area contributed by atoms with E-state index in [1.54, 1.807) is 0 Å². The Balaban J connectivity index is 1.81. The molecule has 0 bridgehead atoms. The molecule has 2 atom stereocenters. The van der Waals surface area contributed by atoms with E-state index in [1.807, 2.05) is 10.5 Å². The van der Waals surface area contributed by atoms with Crippen molar-refractivity contribution in [2.24, 2.45) is 5.92 Å². The van der Waals surface area contributed by atoms with E-state index in [2.05, 4.69) is 11.8 Å². The van der Waals surface area contributed by atoms with Gasteiger partial charge in [0.1, 0.15) is 0 Å². The van der Waals surface area contributed by atoms with E-state index in [9.17, 15) is 0 Å². The topological polar surface area (TPSA) is 0 Å². The Morgan fingerprint density at radius 2 is 1.60 bits per heavy atom. The standard InChI is InChI=1S/C14H22S/c1-3-7-11-12-8-4-2-6-10-14(12)15-13(11)9-5-1/h11,13H,1-10H2. The summed E-state index contributed by atoms with van der Waals surface area (Å²) in [6, 6.07) is 0. The molecule has 3 rings (SSSR count). The summed E-state index contributed by atoms with van der Waals surface area (Å²) in [7, 11) is 0. The van der Waals surface area contributed by atoms with Gasteiger partial charge in [-0.1, -0.05) is 31.3 Å². The number of allylic oxidation sites excluding steroid dienone is 2. The van der Waals surface area contributed by atoms with E-state index >= 15 is 0 Å². The maximum Gasteiger partial charge on any atom is 0.0157 e. The van der Waals surface area contributed by atoms with Crippen molar-refractivity contribution in [2.75, 3.05) is 0 Å². The highest BCUT2D eigenvalue weighted by Crippen LogP contribution is 2.52. The Bertz CT molecular complexity index is 267. The van der Waals surface area contributed by atoms with Crippen LogP contribution < -0.4 is 0 Å². The van der Waals surface area contributed by atoms with Crippen LogP contribution in [0, 0.1) is 5.92 Å². The van der Waals surface area contributed by atoms with Crippen LogP contribution in [0.4, 0.5) is 0 Å². The van der Waals surface area contributed by atoms with E-state index in [-0.39, 0.29) is 0 Å². The summed E-state index contributed by atoms with van der Waals surface area (Å²) in [4.78, 5) is 1.84. The van der Waals surface area contributed by atoms with Crippen molar-refractivity contribution in [1.29, 1.82) is 0 Å². The van der Waals surface area contributed by atoms with Crippen LogP contribution in [-0.4, -0.2) is 5.25 Å². The van der Waals surface area contributed by atoms with Gasteiger partial charge >= 0.3 is 0 Å². The molecule has 0 radical (unpaired) electrons. The van der Waals surface area contributed by atoms with E-state index in [0.29, 0.717) is 0 Å².